The van der Waals surface area contributed by atoms with Crippen LogP contribution < -0.4 is 0 Å². The van der Waals surface area contributed by atoms with E-state index in [1.165, 1.54) is 29.5 Å². The molecule has 0 saturated carbocycles. The Morgan fingerprint density at radius 2 is 2.00 bits per heavy atom. The van der Waals surface area contributed by atoms with Gasteiger partial charge in [0, 0.05) is 13.1 Å². The number of nitrogens with zero attached hydrogens (tertiary/aromatic N) is 4. The minimum absolute atomic E-state index is 0.0184. The van der Waals surface area contributed by atoms with Crippen molar-refractivity contribution in [3.05, 3.63) is 71.8 Å². The fraction of sp³-hybridized carbons (Fsp3) is 0.286. The zero-order valence-electron chi connectivity index (χ0n) is 16.0. The van der Waals surface area contributed by atoms with Gasteiger partial charge in [-0.15, -0.1) is 10.2 Å². The maximum Gasteiger partial charge on any atom is 0.233 e. The second kappa shape index (κ2) is 9.50. The van der Waals surface area contributed by atoms with E-state index in [0.717, 1.165) is 17.7 Å². The van der Waals surface area contributed by atoms with Crippen LogP contribution in [0.1, 0.15) is 25.0 Å². The maximum absolute atomic E-state index is 13.4. The number of para-hydroxylation sites is 1. The average Bonchev–Trinajstić information content (AvgIpc) is 3.18. The second-order valence-electron chi connectivity index (χ2n) is 6.29. The van der Waals surface area contributed by atoms with Gasteiger partial charge in [-0.25, -0.2) is 4.39 Å². The van der Waals surface area contributed by atoms with Crippen molar-refractivity contribution in [2.75, 3.05) is 12.3 Å². The van der Waals surface area contributed by atoms with Crippen LogP contribution in [0.15, 0.2) is 60.0 Å². The lowest BCUT2D eigenvalue weighted by Crippen LogP contribution is -2.31. The third-order valence-electron chi connectivity index (χ3n) is 4.47. The number of thioether (sulfide) groups is 1. The van der Waals surface area contributed by atoms with E-state index in [2.05, 4.69) is 23.2 Å². The molecule has 0 bridgehead atoms. The van der Waals surface area contributed by atoms with E-state index in [-0.39, 0.29) is 17.5 Å². The van der Waals surface area contributed by atoms with E-state index in [4.69, 9.17) is 0 Å². The summed E-state index contributed by atoms with van der Waals surface area (Å²) >= 11 is 1.36. The Kier molecular flexibility index (Phi) is 6.81. The van der Waals surface area contributed by atoms with Crippen LogP contribution in [0.25, 0.3) is 5.69 Å². The normalized spacial score (nSPS) is 10.8. The molecule has 0 spiro atoms. The van der Waals surface area contributed by atoms with Gasteiger partial charge in [-0.1, -0.05) is 49.0 Å². The molecular weight excluding hydrogens is 375 g/mol. The Morgan fingerprint density at radius 1 is 1.18 bits per heavy atom. The summed E-state index contributed by atoms with van der Waals surface area (Å²) in [4.78, 5) is 14.4. The van der Waals surface area contributed by atoms with Crippen molar-refractivity contribution in [2.24, 2.45) is 0 Å². The van der Waals surface area contributed by atoms with E-state index >= 15 is 0 Å². The number of aromatic nitrogens is 3. The van der Waals surface area contributed by atoms with Crippen LogP contribution in [0.4, 0.5) is 4.39 Å². The summed E-state index contributed by atoms with van der Waals surface area (Å²) in [5.41, 5.74) is 2.99. The van der Waals surface area contributed by atoms with E-state index in [9.17, 15) is 9.18 Å². The predicted octanol–water partition coefficient (Wildman–Crippen LogP) is 4.11. The first-order valence-corrected chi connectivity index (χ1v) is 10.2. The zero-order valence-corrected chi connectivity index (χ0v) is 16.8. The summed E-state index contributed by atoms with van der Waals surface area (Å²) in [6.07, 6.45) is 2.57. The summed E-state index contributed by atoms with van der Waals surface area (Å²) in [7, 11) is 0. The Morgan fingerprint density at radius 3 is 2.75 bits per heavy atom. The van der Waals surface area contributed by atoms with Gasteiger partial charge >= 0.3 is 0 Å². The number of rotatable bonds is 8. The van der Waals surface area contributed by atoms with Gasteiger partial charge in [0.05, 0.1) is 11.4 Å². The first-order valence-electron chi connectivity index (χ1n) is 9.25. The van der Waals surface area contributed by atoms with Crippen LogP contribution in [0, 0.1) is 5.82 Å². The summed E-state index contributed by atoms with van der Waals surface area (Å²) in [5, 5.41) is 8.87. The van der Waals surface area contributed by atoms with E-state index < -0.39 is 0 Å². The highest BCUT2D eigenvalue weighted by atomic mass is 32.2. The van der Waals surface area contributed by atoms with Gasteiger partial charge in [0.2, 0.25) is 5.91 Å². The average molecular weight is 399 g/mol. The number of amides is 1. The lowest BCUT2D eigenvalue weighted by Gasteiger charge is -2.21. The molecule has 2 aromatic carbocycles. The highest BCUT2D eigenvalue weighted by Gasteiger charge is 2.16. The highest BCUT2D eigenvalue weighted by Crippen LogP contribution is 2.23. The molecule has 0 atom stereocenters. The van der Waals surface area contributed by atoms with Gasteiger partial charge in [0.25, 0.3) is 0 Å². The van der Waals surface area contributed by atoms with E-state index in [1.54, 1.807) is 17.3 Å². The summed E-state index contributed by atoms with van der Waals surface area (Å²) in [5.74, 6) is -0.0657. The van der Waals surface area contributed by atoms with Crippen molar-refractivity contribution in [2.45, 2.75) is 32.0 Å². The standard InChI is InChI=1S/C21H23FN4OS/c1-3-17-9-5-6-11-19(17)26-15-23-24-21(26)28-14-20(27)25(4-2)13-16-8-7-10-18(22)12-16/h5-12,15H,3-4,13-14H2,1-2H3. The number of carbonyl (C=O) groups excluding carboxylic acids is 1. The smallest absolute Gasteiger partial charge is 0.233 e. The van der Waals surface area contributed by atoms with Gasteiger partial charge in [0.15, 0.2) is 5.16 Å². The molecule has 0 fully saturated rings. The number of hydrogen-bond donors (Lipinski definition) is 0. The largest absolute Gasteiger partial charge is 0.338 e. The molecule has 1 heterocycles. The summed E-state index contributed by atoms with van der Waals surface area (Å²) < 4.78 is 15.3. The van der Waals surface area contributed by atoms with Crippen molar-refractivity contribution in [1.29, 1.82) is 0 Å². The molecule has 1 amide bonds. The maximum atomic E-state index is 13.4. The van der Waals surface area contributed by atoms with E-state index in [1.807, 2.05) is 35.8 Å². The van der Waals surface area contributed by atoms with Gasteiger partial charge in [0.1, 0.15) is 12.1 Å². The molecular formula is C21H23FN4OS. The van der Waals surface area contributed by atoms with Crippen LogP contribution in [0.3, 0.4) is 0 Å². The van der Waals surface area contributed by atoms with Gasteiger partial charge in [-0.05, 0) is 42.7 Å². The van der Waals surface area contributed by atoms with Crippen molar-refractivity contribution in [3.63, 3.8) is 0 Å². The second-order valence-corrected chi connectivity index (χ2v) is 7.23. The Bertz CT molecular complexity index is 943. The Labute approximate surface area is 168 Å². The van der Waals surface area contributed by atoms with Gasteiger partial charge < -0.3 is 4.90 Å². The van der Waals surface area contributed by atoms with Crippen molar-refractivity contribution >= 4 is 17.7 Å². The van der Waals surface area contributed by atoms with Crippen molar-refractivity contribution in [3.8, 4) is 5.69 Å². The van der Waals surface area contributed by atoms with Crippen LogP contribution in [0.5, 0.6) is 0 Å². The molecule has 28 heavy (non-hydrogen) atoms. The fourth-order valence-electron chi connectivity index (χ4n) is 2.98. The monoisotopic (exact) mass is 398 g/mol. The van der Waals surface area contributed by atoms with Crippen LogP contribution in [-0.4, -0.2) is 37.9 Å². The number of hydrogen-bond acceptors (Lipinski definition) is 4. The van der Waals surface area contributed by atoms with E-state index in [0.29, 0.717) is 18.2 Å². The minimum atomic E-state index is -0.293. The van der Waals surface area contributed by atoms with Crippen LogP contribution in [-0.2, 0) is 17.8 Å². The summed E-state index contributed by atoms with van der Waals surface area (Å²) in [6.45, 7) is 4.97. The lowest BCUT2D eigenvalue weighted by molar-refractivity contribution is -0.128. The molecule has 0 N–H and O–H groups in total. The quantitative estimate of drug-likeness (QED) is 0.536. The number of aryl methyl sites for hydroxylation is 1. The molecule has 0 aliphatic carbocycles. The number of halogens is 1. The molecule has 3 aromatic rings. The molecule has 0 radical (unpaired) electrons. The highest BCUT2D eigenvalue weighted by molar-refractivity contribution is 7.99. The van der Waals surface area contributed by atoms with Crippen molar-refractivity contribution < 1.29 is 9.18 Å². The Balaban J connectivity index is 1.68. The number of benzene rings is 2. The molecule has 0 aliphatic rings. The first-order chi connectivity index (χ1) is 13.6. The fourth-order valence-corrected chi connectivity index (χ4v) is 3.81. The van der Waals surface area contributed by atoms with Crippen LogP contribution in [0.2, 0.25) is 0 Å². The third-order valence-corrected chi connectivity index (χ3v) is 5.40. The summed E-state index contributed by atoms with van der Waals surface area (Å²) in [6, 6.07) is 14.4. The first kappa shape index (κ1) is 20.1. The minimum Gasteiger partial charge on any atom is -0.338 e. The zero-order chi connectivity index (χ0) is 19.9. The number of carbonyl (C=O) groups is 1. The van der Waals surface area contributed by atoms with Gasteiger partial charge in [-0.3, -0.25) is 9.36 Å². The van der Waals surface area contributed by atoms with Crippen LogP contribution >= 0.6 is 11.8 Å². The molecule has 7 heteroatoms. The molecule has 0 saturated heterocycles. The molecule has 3 rings (SSSR count). The lowest BCUT2D eigenvalue weighted by atomic mass is 10.1. The predicted molar refractivity (Wildman–Crippen MR) is 109 cm³/mol. The van der Waals surface area contributed by atoms with Crippen molar-refractivity contribution in [1.82, 2.24) is 19.7 Å². The third kappa shape index (κ3) is 4.78. The Hall–Kier alpha value is -2.67. The molecule has 5 nitrogen and oxygen atoms in total. The SMILES string of the molecule is CCc1ccccc1-n1cnnc1SCC(=O)N(CC)Cc1cccc(F)c1. The molecule has 0 unspecified atom stereocenters. The van der Waals surface area contributed by atoms with Gasteiger partial charge in [-0.2, -0.15) is 0 Å². The molecule has 1 aromatic heterocycles. The molecule has 146 valence electrons. The topological polar surface area (TPSA) is 51.0 Å². The molecule has 0 aliphatic heterocycles.